The molecule has 0 atom stereocenters. The Kier molecular flexibility index (Phi) is 3.04. The van der Waals surface area contributed by atoms with Crippen LogP contribution in [0.15, 0.2) is 4.63 Å². The van der Waals surface area contributed by atoms with Crippen molar-refractivity contribution in [2.75, 3.05) is 17.3 Å². The average molecular weight is 248 g/mol. The number of hydrogen-bond donors (Lipinski definition) is 4. The lowest BCUT2D eigenvalue weighted by molar-refractivity contribution is 0.303. The monoisotopic (exact) mass is 247 g/mol. The Balaban J connectivity index is 0.00000128. The summed E-state index contributed by atoms with van der Waals surface area (Å²) in [6.07, 6.45) is 0. The molecule has 88 valence electrons. The molecule has 0 bridgehead atoms. The Morgan fingerprint density at radius 3 is 2.44 bits per heavy atom. The van der Waals surface area contributed by atoms with Crippen LogP contribution in [0.25, 0.3) is 0 Å². The first-order valence-electron chi connectivity index (χ1n) is 3.91. The molecule has 2 aromatic heterocycles. The second-order valence-corrected chi connectivity index (χ2v) is 2.81. The molecule has 0 aliphatic rings. The number of nitrogens with two attached hydrogens (primary N) is 3. The van der Waals surface area contributed by atoms with E-state index in [1.165, 1.54) is 4.68 Å². The molecule has 0 fully saturated rings. The highest BCUT2D eigenvalue weighted by Crippen LogP contribution is 2.04. The fourth-order valence-electron chi connectivity index (χ4n) is 1.03. The van der Waals surface area contributed by atoms with Gasteiger partial charge in [-0.05, 0) is 5.16 Å². The van der Waals surface area contributed by atoms with Gasteiger partial charge in [0.25, 0.3) is 0 Å². The number of hydrogen-bond acceptors (Lipinski definition) is 8. The molecule has 11 heteroatoms. The molecule has 0 aliphatic carbocycles. The van der Waals surface area contributed by atoms with E-state index in [4.69, 9.17) is 22.7 Å². The normalized spacial score (nSPS) is 10.0. The smallest absolute Gasteiger partial charge is 0.241 e. The molecule has 2 heterocycles. The van der Waals surface area contributed by atoms with E-state index < -0.39 is 0 Å². The van der Waals surface area contributed by atoms with E-state index in [9.17, 15) is 0 Å². The Labute approximate surface area is 94.9 Å². The van der Waals surface area contributed by atoms with Crippen molar-refractivity contribution in [3.05, 3.63) is 11.3 Å². The van der Waals surface area contributed by atoms with E-state index in [0.717, 1.165) is 4.68 Å². The van der Waals surface area contributed by atoms with Crippen LogP contribution in [0.1, 0.15) is 5.69 Å². The molecular formula is C5H10ClN9O. The summed E-state index contributed by atoms with van der Waals surface area (Å²) in [5.41, 5.74) is 11.1. The van der Waals surface area contributed by atoms with Crippen molar-refractivity contribution in [1.29, 1.82) is 5.41 Å². The summed E-state index contributed by atoms with van der Waals surface area (Å²) in [6, 6.07) is 0. The highest BCUT2D eigenvalue weighted by atomic mass is 35.5. The first-order chi connectivity index (χ1) is 7.09. The standard InChI is InChI=1S/C5H9N9O.ClH/c6-3-2(11-15-12-3)1-13-5(8)14(9)4(7)10-13;/h8H,1,9H2,(H2,6,12)(H2,7,10);1H. The van der Waals surface area contributed by atoms with Crippen LogP contribution in [-0.2, 0) is 6.54 Å². The van der Waals surface area contributed by atoms with Crippen LogP contribution in [0.5, 0.6) is 0 Å². The van der Waals surface area contributed by atoms with Gasteiger partial charge in [0.15, 0.2) is 11.5 Å². The lowest BCUT2D eigenvalue weighted by atomic mass is 10.4. The SMILES string of the molecule is Cl.N=c1n(Cc2nonc2N)nc(N)n1N. The van der Waals surface area contributed by atoms with Gasteiger partial charge in [-0.2, -0.15) is 4.68 Å². The molecule has 7 N–H and O–H groups in total. The van der Waals surface area contributed by atoms with Crippen molar-refractivity contribution < 1.29 is 4.63 Å². The predicted octanol–water partition coefficient (Wildman–Crippen LogP) is -2.10. The third kappa shape index (κ3) is 1.77. The maximum Gasteiger partial charge on any atom is 0.241 e. The van der Waals surface area contributed by atoms with Gasteiger partial charge >= 0.3 is 0 Å². The Bertz CT molecular complexity index is 538. The molecular weight excluding hydrogens is 238 g/mol. The fraction of sp³-hybridized carbons (Fsp3) is 0.200. The number of nitrogens with one attached hydrogen (secondary N) is 1. The lowest BCUT2D eigenvalue weighted by Crippen LogP contribution is -2.31. The number of aromatic nitrogens is 5. The third-order valence-corrected chi connectivity index (χ3v) is 1.83. The van der Waals surface area contributed by atoms with Crippen molar-refractivity contribution in [1.82, 2.24) is 24.8 Å². The molecule has 2 rings (SSSR count). The zero-order valence-corrected chi connectivity index (χ0v) is 8.81. The zero-order chi connectivity index (χ0) is 11.0. The van der Waals surface area contributed by atoms with E-state index in [-0.39, 0.29) is 36.3 Å². The second kappa shape index (κ2) is 4.10. The zero-order valence-electron chi connectivity index (χ0n) is 7.99. The van der Waals surface area contributed by atoms with E-state index in [1.54, 1.807) is 0 Å². The molecule has 0 aromatic carbocycles. The summed E-state index contributed by atoms with van der Waals surface area (Å²) in [5, 5.41) is 18.3. The molecule has 2 aromatic rings. The molecule has 0 unspecified atom stereocenters. The molecule has 16 heavy (non-hydrogen) atoms. The summed E-state index contributed by atoms with van der Waals surface area (Å²) >= 11 is 0. The fourth-order valence-corrected chi connectivity index (χ4v) is 1.03. The van der Waals surface area contributed by atoms with Gasteiger partial charge in [-0.25, -0.2) is 9.31 Å². The largest absolute Gasteiger partial charge is 0.379 e. The minimum absolute atomic E-state index is 0. The lowest BCUT2D eigenvalue weighted by Gasteiger charge is -1.95. The van der Waals surface area contributed by atoms with Crippen LogP contribution >= 0.6 is 12.4 Å². The van der Waals surface area contributed by atoms with Crippen molar-refractivity contribution >= 4 is 24.2 Å². The number of halogens is 1. The van der Waals surface area contributed by atoms with Crippen LogP contribution in [0, 0.1) is 5.41 Å². The Morgan fingerprint density at radius 2 is 2.00 bits per heavy atom. The van der Waals surface area contributed by atoms with Crippen LogP contribution < -0.4 is 22.9 Å². The minimum atomic E-state index is -0.0742. The topological polar surface area (TPSA) is 164 Å². The van der Waals surface area contributed by atoms with Gasteiger partial charge in [0.1, 0.15) is 0 Å². The van der Waals surface area contributed by atoms with Crippen molar-refractivity contribution in [3.8, 4) is 0 Å². The average Bonchev–Trinajstić information content (AvgIpc) is 2.69. The van der Waals surface area contributed by atoms with Gasteiger partial charge in [-0.15, -0.1) is 17.5 Å². The molecule has 0 spiro atoms. The van der Waals surface area contributed by atoms with Crippen molar-refractivity contribution in [2.24, 2.45) is 0 Å². The predicted molar refractivity (Wildman–Crippen MR) is 55.7 cm³/mol. The summed E-state index contributed by atoms with van der Waals surface area (Å²) in [4.78, 5) is 0. The van der Waals surface area contributed by atoms with Gasteiger partial charge in [0.2, 0.25) is 11.6 Å². The maximum atomic E-state index is 7.53. The molecule has 0 saturated carbocycles. The van der Waals surface area contributed by atoms with Crippen LogP contribution in [-0.4, -0.2) is 24.8 Å². The maximum absolute atomic E-state index is 7.53. The van der Waals surface area contributed by atoms with Gasteiger partial charge in [0, 0.05) is 0 Å². The molecule has 0 radical (unpaired) electrons. The highest BCUT2D eigenvalue weighted by molar-refractivity contribution is 5.85. The molecule has 0 amide bonds. The van der Waals surface area contributed by atoms with Gasteiger partial charge in [-0.3, -0.25) is 5.41 Å². The molecule has 0 saturated heterocycles. The van der Waals surface area contributed by atoms with Crippen LogP contribution in [0.3, 0.4) is 0 Å². The Hall–Kier alpha value is -2.23. The number of anilines is 2. The van der Waals surface area contributed by atoms with E-state index in [1.807, 2.05) is 0 Å². The second-order valence-electron chi connectivity index (χ2n) is 2.81. The number of nitrogens with zero attached hydrogens (tertiary/aromatic N) is 5. The molecule has 0 aliphatic heterocycles. The van der Waals surface area contributed by atoms with E-state index in [0.29, 0.717) is 5.69 Å². The first-order valence-corrected chi connectivity index (χ1v) is 3.91. The van der Waals surface area contributed by atoms with E-state index in [2.05, 4.69) is 20.0 Å². The molecule has 10 nitrogen and oxygen atoms in total. The van der Waals surface area contributed by atoms with E-state index >= 15 is 0 Å². The van der Waals surface area contributed by atoms with Crippen molar-refractivity contribution in [2.45, 2.75) is 6.54 Å². The highest BCUT2D eigenvalue weighted by Gasteiger charge is 2.11. The van der Waals surface area contributed by atoms with Crippen LogP contribution in [0.4, 0.5) is 11.8 Å². The number of nitrogen functional groups attached to an aromatic ring is 3. The Morgan fingerprint density at radius 1 is 1.31 bits per heavy atom. The summed E-state index contributed by atoms with van der Waals surface area (Å²) in [7, 11) is 0. The first kappa shape index (κ1) is 11.8. The van der Waals surface area contributed by atoms with Crippen LogP contribution in [0.2, 0.25) is 0 Å². The summed E-state index contributed by atoms with van der Waals surface area (Å²) < 4.78 is 6.56. The number of rotatable bonds is 2. The van der Waals surface area contributed by atoms with Gasteiger partial charge in [-0.1, -0.05) is 5.16 Å². The summed E-state index contributed by atoms with van der Waals surface area (Å²) in [5.74, 6) is 5.57. The summed E-state index contributed by atoms with van der Waals surface area (Å²) in [6.45, 7) is 0.128. The quantitative estimate of drug-likeness (QED) is 0.441. The van der Waals surface area contributed by atoms with Gasteiger partial charge in [0.05, 0.1) is 6.54 Å². The minimum Gasteiger partial charge on any atom is -0.379 e. The van der Waals surface area contributed by atoms with Gasteiger partial charge < -0.3 is 17.3 Å². The third-order valence-electron chi connectivity index (χ3n) is 1.83. The van der Waals surface area contributed by atoms with Crippen molar-refractivity contribution in [3.63, 3.8) is 0 Å².